The number of hydrogen-bond donors (Lipinski definition) is 0. The van der Waals surface area contributed by atoms with E-state index < -0.39 is 0 Å². The molecule has 0 radical (unpaired) electrons. The second-order valence-electron chi connectivity index (χ2n) is 7.92. The van der Waals surface area contributed by atoms with Gasteiger partial charge >= 0.3 is 0 Å². The van der Waals surface area contributed by atoms with E-state index in [1.54, 1.807) is 17.3 Å². The molecule has 0 saturated carbocycles. The lowest BCUT2D eigenvalue weighted by molar-refractivity contribution is -0.136. The summed E-state index contributed by atoms with van der Waals surface area (Å²) in [7, 11) is 0. The average molecular weight is 400 g/mol. The maximum absolute atomic E-state index is 13.1. The fourth-order valence-electron chi connectivity index (χ4n) is 4.55. The van der Waals surface area contributed by atoms with Crippen molar-refractivity contribution in [2.45, 2.75) is 6.42 Å². The van der Waals surface area contributed by atoms with Crippen molar-refractivity contribution in [3.8, 4) is 0 Å². The Morgan fingerprint density at radius 1 is 0.900 bits per heavy atom. The number of hydrogen-bond acceptors (Lipinski definition) is 4. The van der Waals surface area contributed by atoms with Gasteiger partial charge in [0.05, 0.1) is 11.6 Å². The third-order valence-corrected chi connectivity index (χ3v) is 6.15. The third kappa shape index (κ3) is 3.38. The van der Waals surface area contributed by atoms with Crippen LogP contribution in [0.3, 0.4) is 0 Å². The van der Waals surface area contributed by atoms with Gasteiger partial charge in [0, 0.05) is 62.6 Å². The van der Waals surface area contributed by atoms with E-state index in [9.17, 15) is 9.59 Å². The van der Waals surface area contributed by atoms with Crippen LogP contribution in [0, 0.1) is 5.92 Å². The minimum atomic E-state index is -0.274. The Morgan fingerprint density at radius 3 is 2.43 bits per heavy atom. The van der Waals surface area contributed by atoms with Crippen LogP contribution in [0.15, 0.2) is 67.0 Å². The van der Waals surface area contributed by atoms with Gasteiger partial charge < -0.3 is 14.7 Å². The minimum absolute atomic E-state index is 0.0279. The number of pyridine rings is 1. The van der Waals surface area contributed by atoms with E-state index in [1.165, 1.54) is 0 Å². The van der Waals surface area contributed by atoms with Crippen LogP contribution in [-0.4, -0.2) is 54.4 Å². The van der Waals surface area contributed by atoms with Crippen LogP contribution < -0.4 is 9.80 Å². The molecule has 2 amide bonds. The summed E-state index contributed by atoms with van der Waals surface area (Å²) in [5.41, 5.74) is 2.03. The minimum Gasteiger partial charge on any atom is -0.368 e. The number of carbonyl (C=O) groups is 2. The maximum Gasteiger partial charge on any atom is 0.228 e. The summed E-state index contributed by atoms with van der Waals surface area (Å²) >= 11 is 0. The molecular weight excluding hydrogens is 376 g/mol. The van der Waals surface area contributed by atoms with Gasteiger partial charge in [0.1, 0.15) is 0 Å². The number of amides is 2. The summed E-state index contributed by atoms with van der Waals surface area (Å²) in [6.45, 7) is 3.41. The zero-order chi connectivity index (χ0) is 20.5. The highest BCUT2D eigenvalue weighted by molar-refractivity contribution is 6.07. The van der Waals surface area contributed by atoms with Gasteiger partial charge in [0.25, 0.3) is 0 Å². The molecule has 2 aromatic carbocycles. The largest absolute Gasteiger partial charge is 0.368 e. The summed E-state index contributed by atoms with van der Waals surface area (Å²) < 4.78 is 0. The Labute approximate surface area is 175 Å². The van der Waals surface area contributed by atoms with Crippen molar-refractivity contribution < 1.29 is 9.59 Å². The van der Waals surface area contributed by atoms with E-state index >= 15 is 0 Å². The first-order valence-corrected chi connectivity index (χ1v) is 10.4. The van der Waals surface area contributed by atoms with Gasteiger partial charge in [-0.05, 0) is 23.6 Å². The lowest BCUT2D eigenvalue weighted by Gasteiger charge is -2.37. The van der Waals surface area contributed by atoms with E-state index in [0.29, 0.717) is 19.6 Å². The predicted octanol–water partition coefficient (Wildman–Crippen LogP) is 2.94. The second-order valence-corrected chi connectivity index (χ2v) is 7.92. The van der Waals surface area contributed by atoms with E-state index in [-0.39, 0.29) is 24.2 Å². The van der Waals surface area contributed by atoms with Gasteiger partial charge in [0.15, 0.2) is 0 Å². The molecule has 3 heterocycles. The molecule has 1 unspecified atom stereocenters. The van der Waals surface area contributed by atoms with Crippen molar-refractivity contribution in [3.63, 3.8) is 0 Å². The molecule has 1 aromatic heterocycles. The van der Waals surface area contributed by atoms with Crippen molar-refractivity contribution in [1.29, 1.82) is 0 Å². The summed E-state index contributed by atoms with van der Waals surface area (Å²) in [6.07, 6.45) is 3.87. The number of benzene rings is 2. The van der Waals surface area contributed by atoms with Gasteiger partial charge in [-0.25, -0.2) is 0 Å². The van der Waals surface area contributed by atoms with Crippen LogP contribution in [0.4, 0.5) is 11.4 Å². The molecule has 2 aliphatic heterocycles. The molecule has 2 fully saturated rings. The molecule has 6 heteroatoms. The number of rotatable bonds is 3. The summed E-state index contributed by atoms with van der Waals surface area (Å²) in [6, 6.07) is 18.0. The summed E-state index contributed by atoms with van der Waals surface area (Å²) in [5, 5.41) is 2.15. The lowest BCUT2D eigenvalue weighted by atomic mass is 10.1. The van der Waals surface area contributed by atoms with Gasteiger partial charge in [-0.1, -0.05) is 36.4 Å². The molecule has 6 nitrogen and oxygen atoms in total. The van der Waals surface area contributed by atoms with Crippen molar-refractivity contribution in [3.05, 3.63) is 67.0 Å². The number of nitrogens with zero attached hydrogens (tertiary/aromatic N) is 4. The van der Waals surface area contributed by atoms with E-state index in [4.69, 9.17) is 0 Å². The number of piperazine rings is 1. The van der Waals surface area contributed by atoms with Crippen LogP contribution in [0.2, 0.25) is 0 Å². The van der Waals surface area contributed by atoms with Gasteiger partial charge in [-0.15, -0.1) is 0 Å². The second kappa shape index (κ2) is 7.78. The SMILES string of the molecule is O=C(C1CC(=O)N(c2cccc3ccccc23)C1)N1CCN(c2ccncc2)CC1. The monoisotopic (exact) mass is 400 g/mol. The maximum atomic E-state index is 13.1. The molecular formula is C24H24N4O2. The van der Waals surface area contributed by atoms with Crippen LogP contribution in [0.1, 0.15) is 6.42 Å². The molecule has 0 spiro atoms. The highest BCUT2D eigenvalue weighted by Crippen LogP contribution is 2.32. The van der Waals surface area contributed by atoms with Crippen LogP contribution in [0.5, 0.6) is 0 Å². The number of carbonyl (C=O) groups excluding carboxylic acids is 2. The number of aromatic nitrogens is 1. The Balaban J connectivity index is 1.27. The lowest BCUT2D eigenvalue weighted by Crippen LogP contribution is -2.50. The highest BCUT2D eigenvalue weighted by Gasteiger charge is 2.38. The molecule has 3 aromatic rings. The standard InChI is InChI=1S/C24H24N4O2/c29-23-16-19(17-28(23)22-7-3-5-18-4-1-2-6-21(18)22)24(30)27-14-12-26(13-15-27)20-8-10-25-11-9-20/h1-11,19H,12-17H2. The molecule has 0 N–H and O–H groups in total. The Morgan fingerprint density at radius 2 is 1.63 bits per heavy atom. The quantitative estimate of drug-likeness (QED) is 0.678. The summed E-state index contributed by atoms with van der Waals surface area (Å²) in [4.78, 5) is 36.0. The average Bonchev–Trinajstić information content (AvgIpc) is 3.20. The molecule has 2 saturated heterocycles. The van der Waals surface area contributed by atoms with Crippen molar-refractivity contribution in [2.75, 3.05) is 42.5 Å². The number of anilines is 2. The van der Waals surface area contributed by atoms with Crippen molar-refractivity contribution in [1.82, 2.24) is 9.88 Å². The highest BCUT2D eigenvalue weighted by atomic mass is 16.2. The first kappa shape index (κ1) is 18.6. The Hall–Kier alpha value is -3.41. The molecule has 152 valence electrons. The molecule has 1 atom stereocenters. The van der Waals surface area contributed by atoms with Crippen molar-refractivity contribution >= 4 is 34.0 Å². The van der Waals surface area contributed by atoms with Crippen LogP contribution >= 0.6 is 0 Å². The van der Waals surface area contributed by atoms with E-state index in [1.807, 2.05) is 59.5 Å². The smallest absolute Gasteiger partial charge is 0.228 e. The molecule has 5 rings (SSSR count). The van der Waals surface area contributed by atoms with Crippen molar-refractivity contribution in [2.24, 2.45) is 5.92 Å². The van der Waals surface area contributed by atoms with E-state index in [0.717, 1.165) is 35.2 Å². The topological polar surface area (TPSA) is 56.8 Å². The number of fused-ring (bicyclic) bond motifs is 1. The Bertz CT molecular complexity index is 1070. The predicted molar refractivity (Wildman–Crippen MR) is 117 cm³/mol. The van der Waals surface area contributed by atoms with Gasteiger partial charge in [-0.2, -0.15) is 0 Å². The first-order valence-electron chi connectivity index (χ1n) is 10.4. The third-order valence-electron chi connectivity index (χ3n) is 6.15. The van der Waals surface area contributed by atoms with Gasteiger partial charge in [-0.3, -0.25) is 14.6 Å². The van der Waals surface area contributed by atoms with Crippen LogP contribution in [-0.2, 0) is 9.59 Å². The normalized spacial score (nSPS) is 19.5. The molecule has 2 aliphatic rings. The van der Waals surface area contributed by atoms with E-state index in [2.05, 4.69) is 9.88 Å². The fraction of sp³-hybridized carbons (Fsp3) is 0.292. The molecule has 0 aliphatic carbocycles. The fourth-order valence-corrected chi connectivity index (χ4v) is 4.55. The first-order chi connectivity index (χ1) is 14.7. The Kier molecular flexibility index (Phi) is 4.83. The molecule has 0 bridgehead atoms. The zero-order valence-corrected chi connectivity index (χ0v) is 16.8. The zero-order valence-electron chi connectivity index (χ0n) is 16.8. The summed E-state index contributed by atoms with van der Waals surface area (Å²) in [5.74, 6) is -0.149. The van der Waals surface area contributed by atoms with Gasteiger partial charge in [0.2, 0.25) is 11.8 Å². The molecule has 30 heavy (non-hydrogen) atoms. The van der Waals surface area contributed by atoms with Crippen LogP contribution in [0.25, 0.3) is 10.8 Å².